The summed E-state index contributed by atoms with van der Waals surface area (Å²) >= 11 is 0. The van der Waals surface area contributed by atoms with E-state index in [9.17, 15) is 4.79 Å². The molecule has 0 radical (unpaired) electrons. The Kier molecular flexibility index (Phi) is 2.67. The zero-order chi connectivity index (χ0) is 14.3. The predicted octanol–water partition coefficient (Wildman–Crippen LogP) is 1.41. The highest BCUT2D eigenvalue weighted by molar-refractivity contribution is 5.55. The maximum Gasteiger partial charge on any atom is 0.348 e. The third-order valence-corrected chi connectivity index (χ3v) is 3.06. The normalized spacial score (nSPS) is 10.9. The molecule has 0 aliphatic rings. The smallest absolute Gasteiger partial charge is 0.348 e. The van der Waals surface area contributed by atoms with Crippen LogP contribution in [0.1, 0.15) is 11.1 Å². The minimum absolute atomic E-state index is 0.338. The fourth-order valence-electron chi connectivity index (χ4n) is 1.92. The van der Waals surface area contributed by atoms with Gasteiger partial charge in [-0.25, -0.2) is 19.3 Å². The van der Waals surface area contributed by atoms with Crippen molar-refractivity contribution in [2.75, 3.05) is 5.73 Å². The molecule has 1 aromatic carbocycles. The molecular weight excluding hydrogens is 258 g/mol. The molecule has 2 heterocycles. The van der Waals surface area contributed by atoms with E-state index in [-0.39, 0.29) is 5.69 Å². The molecule has 7 nitrogen and oxygen atoms in total. The molecule has 3 N–H and O–H groups in total. The van der Waals surface area contributed by atoms with Crippen molar-refractivity contribution >= 4 is 11.3 Å². The fourth-order valence-corrected chi connectivity index (χ4v) is 1.92. The van der Waals surface area contributed by atoms with Crippen LogP contribution in [-0.2, 0) is 0 Å². The first-order chi connectivity index (χ1) is 9.54. The monoisotopic (exact) mass is 271 g/mol. The van der Waals surface area contributed by atoms with Crippen molar-refractivity contribution in [2.24, 2.45) is 0 Å². The average molecular weight is 271 g/mol. The summed E-state index contributed by atoms with van der Waals surface area (Å²) in [5.41, 5.74) is 8.59. The van der Waals surface area contributed by atoms with E-state index in [2.05, 4.69) is 15.2 Å². The Morgan fingerprint density at radius 2 is 2.05 bits per heavy atom. The number of nitrogens with two attached hydrogens (primary N) is 1. The van der Waals surface area contributed by atoms with E-state index in [1.807, 2.05) is 19.9 Å². The number of rotatable bonds is 2. The topological polar surface area (TPSA) is 98.3 Å². The van der Waals surface area contributed by atoms with Crippen molar-refractivity contribution in [3.63, 3.8) is 0 Å². The van der Waals surface area contributed by atoms with Crippen LogP contribution in [0.2, 0.25) is 0 Å². The van der Waals surface area contributed by atoms with Crippen molar-refractivity contribution in [1.29, 1.82) is 0 Å². The average Bonchev–Trinajstić information content (AvgIpc) is 2.77. The van der Waals surface area contributed by atoms with Crippen LogP contribution in [0.15, 0.2) is 29.3 Å². The molecule has 7 heteroatoms. The summed E-state index contributed by atoms with van der Waals surface area (Å²) in [7, 11) is 0. The van der Waals surface area contributed by atoms with Gasteiger partial charge in [-0.2, -0.15) is 5.10 Å². The lowest BCUT2D eigenvalue weighted by Crippen LogP contribution is -2.09. The zero-order valence-corrected chi connectivity index (χ0v) is 11.0. The van der Waals surface area contributed by atoms with E-state index < -0.39 is 0 Å². The summed E-state index contributed by atoms with van der Waals surface area (Å²) in [4.78, 5) is 15.4. The summed E-state index contributed by atoms with van der Waals surface area (Å²) in [6.07, 6.45) is 1.36. The van der Waals surface area contributed by atoms with E-state index >= 15 is 0 Å². The number of nitrogen functional groups attached to an aromatic ring is 1. The lowest BCUT2D eigenvalue weighted by Gasteiger charge is -2.10. The summed E-state index contributed by atoms with van der Waals surface area (Å²) in [5.74, 6) is 0.977. The van der Waals surface area contributed by atoms with Gasteiger partial charge in [0.1, 0.15) is 12.1 Å². The lowest BCUT2D eigenvalue weighted by atomic mass is 10.1. The molecule has 0 fully saturated rings. The molecule has 0 saturated heterocycles. The maximum atomic E-state index is 11.3. The molecule has 0 atom stereocenters. The quantitative estimate of drug-likeness (QED) is 0.687. The van der Waals surface area contributed by atoms with Gasteiger partial charge >= 0.3 is 5.69 Å². The molecule has 3 aromatic rings. The van der Waals surface area contributed by atoms with Crippen LogP contribution in [0.25, 0.3) is 5.65 Å². The largest absolute Gasteiger partial charge is 0.438 e. The summed E-state index contributed by atoms with van der Waals surface area (Å²) in [6, 6.07) is 5.28. The van der Waals surface area contributed by atoms with Crippen LogP contribution in [0, 0.1) is 13.8 Å². The Morgan fingerprint density at radius 3 is 2.85 bits per heavy atom. The van der Waals surface area contributed by atoms with Crippen LogP contribution < -0.4 is 16.2 Å². The maximum absolute atomic E-state index is 11.3. The van der Waals surface area contributed by atoms with Crippen LogP contribution in [0.5, 0.6) is 11.6 Å². The second-order valence-corrected chi connectivity index (χ2v) is 4.56. The molecule has 20 heavy (non-hydrogen) atoms. The van der Waals surface area contributed by atoms with Gasteiger partial charge in [-0.1, -0.05) is 6.07 Å². The molecule has 0 aliphatic heterocycles. The van der Waals surface area contributed by atoms with E-state index in [0.717, 1.165) is 11.1 Å². The Labute approximate surface area is 114 Å². The Hall–Kier alpha value is -2.83. The van der Waals surface area contributed by atoms with Crippen molar-refractivity contribution in [1.82, 2.24) is 19.6 Å². The number of nitrogens with one attached hydrogen (secondary N) is 1. The molecule has 0 spiro atoms. The highest BCUT2D eigenvalue weighted by Crippen LogP contribution is 2.28. The number of nitrogens with zero attached hydrogens (tertiary/aromatic N) is 3. The SMILES string of the molecule is Cc1cc(C)c(Oc2cc3n[nH]c(=O)n3cn2)cc1N. The molecule has 0 saturated carbocycles. The minimum Gasteiger partial charge on any atom is -0.438 e. The summed E-state index contributed by atoms with van der Waals surface area (Å²) in [6.45, 7) is 3.87. The molecule has 0 aliphatic carbocycles. The van der Waals surface area contributed by atoms with Gasteiger partial charge in [0.2, 0.25) is 5.88 Å². The number of benzene rings is 1. The fraction of sp³-hybridized carbons (Fsp3) is 0.154. The summed E-state index contributed by atoms with van der Waals surface area (Å²) < 4.78 is 7.00. The van der Waals surface area contributed by atoms with Crippen molar-refractivity contribution in [3.05, 3.63) is 46.1 Å². The third kappa shape index (κ3) is 1.99. The standard InChI is InChI=1S/C13H13N5O2/c1-7-3-8(2)10(4-9(7)14)20-12-5-11-16-17-13(19)18(11)6-15-12/h3-6H,14H2,1-2H3,(H,17,19). The number of aryl methyl sites for hydroxylation is 2. The number of H-pyrrole nitrogens is 1. The van der Waals surface area contributed by atoms with E-state index in [4.69, 9.17) is 10.5 Å². The number of hydrogen-bond acceptors (Lipinski definition) is 5. The van der Waals surface area contributed by atoms with Gasteiger partial charge in [0.25, 0.3) is 0 Å². The van der Waals surface area contributed by atoms with Gasteiger partial charge in [-0.3, -0.25) is 0 Å². The Bertz CT molecular complexity index is 850. The number of fused-ring (bicyclic) bond motifs is 1. The highest BCUT2D eigenvalue weighted by Gasteiger charge is 2.08. The van der Waals surface area contributed by atoms with Crippen molar-refractivity contribution < 1.29 is 4.74 Å². The lowest BCUT2D eigenvalue weighted by molar-refractivity contribution is 0.458. The molecule has 0 amide bonds. The van der Waals surface area contributed by atoms with Gasteiger partial charge < -0.3 is 10.5 Å². The minimum atomic E-state index is -0.338. The number of aromatic nitrogens is 4. The second-order valence-electron chi connectivity index (χ2n) is 4.56. The Balaban J connectivity index is 2.00. The molecule has 0 bridgehead atoms. The van der Waals surface area contributed by atoms with Crippen LogP contribution in [-0.4, -0.2) is 19.6 Å². The van der Waals surface area contributed by atoms with Gasteiger partial charge in [-0.15, -0.1) is 0 Å². The Morgan fingerprint density at radius 1 is 1.25 bits per heavy atom. The van der Waals surface area contributed by atoms with Crippen molar-refractivity contribution in [2.45, 2.75) is 13.8 Å². The third-order valence-electron chi connectivity index (χ3n) is 3.06. The molecular formula is C13H13N5O2. The van der Waals surface area contributed by atoms with Gasteiger partial charge in [0.15, 0.2) is 5.65 Å². The summed E-state index contributed by atoms with van der Waals surface area (Å²) in [5, 5.41) is 6.19. The van der Waals surface area contributed by atoms with E-state index in [0.29, 0.717) is 23.0 Å². The first-order valence-corrected chi connectivity index (χ1v) is 6.02. The van der Waals surface area contributed by atoms with Crippen LogP contribution >= 0.6 is 0 Å². The van der Waals surface area contributed by atoms with Gasteiger partial charge in [-0.05, 0) is 25.0 Å². The van der Waals surface area contributed by atoms with E-state index in [1.165, 1.54) is 10.7 Å². The first kappa shape index (κ1) is 12.2. The number of anilines is 1. The molecule has 102 valence electrons. The van der Waals surface area contributed by atoms with Gasteiger partial charge in [0, 0.05) is 17.8 Å². The number of hydrogen-bond donors (Lipinski definition) is 2. The molecule has 0 unspecified atom stereocenters. The zero-order valence-electron chi connectivity index (χ0n) is 11.0. The van der Waals surface area contributed by atoms with Crippen molar-refractivity contribution in [3.8, 4) is 11.6 Å². The first-order valence-electron chi connectivity index (χ1n) is 6.02. The van der Waals surface area contributed by atoms with E-state index in [1.54, 1.807) is 12.1 Å². The van der Waals surface area contributed by atoms with Crippen LogP contribution in [0.3, 0.4) is 0 Å². The van der Waals surface area contributed by atoms with Gasteiger partial charge in [0.05, 0.1) is 0 Å². The molecule has 3 rings (SSSR count). The second kappa shape index (κ2) is 4.37. The van der Waals surface area contributed by atoms with Crippen LogP contribution in [0.4, 0.5) is 5.69 Å². The highest BCUT2D eigenvalue weighted by atomic mass is 16.5. The molecule has 2 aromatic heterocycles. The predicted molar refractivity (Wildman–Crippen MR) is 74.0 cm³/mol. The number of ether oxygens (including phenoxy) is 1. The number of aromatic amines is 1.